The highest BCUT2D eigenvalue weighted by Crippen LogP contribution is 2.26. The van der Waals surface area contributed by atoms with E-state index < -0.39 is 27.4 Å². The molecule has 0 saturated carbocycles. The number of anilines is 1. The van der Waals surface area contributed by atoms with Crippen LogP contribution in [0.15, 0.2) is 23.1 Å². The average molecular weight is 302 g/mol. The number of hydrogen-bond acceptors (Lipinski definition) is 6. The van der Waals surface area contributed by atoms with Gasteiger partial charge in [-0.2, -0.15) is 0 Å². The summed E-state index contributed by atoms with van der Waals surface area (Å²) in [7, 11) is -4.08. The quantitative estimate of drug-likeness (QED) is 0.469. The van der Waals surface area contributed by atoms with E-state index in [0.717, 1.165) is 6.07 Å². The Labute approximate surface area is 115 Å². The molecular weight excluding hydrogens is 288 g/mol. The normalized spacial score (nSPS) is 11.1. The van der Waals surface area contributed by atoms with E-state index in [1.165, 1.54) is 12.1 Å². The Morgan fingerprint density at radius 1 is 1.45 bits per heavy atom. The first-order chi connectivity index (χ1) is 9.27. The third kappa shape index (κ3) is 3.90. The molecule has 0 atom stereocenters. The van der Waals surface area contributed by atoms with E-state index >= 15 is 0 Å². The molecule has 0 spiro atoms. The lowest BCUT2D eigenvalue weighted by atomic mass is 10.3. The van der Waals surface area contributed by atoms with Crippen LogP contribution in [-0.2, 0) is 14.8 Å². The maximum atomic E-state index is 12.0. The number of carbonyl (C=O) groups is 1. The molecule has 1 aromatic rings. The first kappa shape index (κ1) is 15.9. The monoisotopic (exact) mass is 302 g/mol. The number of sulfonamides is 1. The first-order valence-corrected chi connectivity index (χ1v) is 7.06. The number of nitrogens with two attached hydrogens (primary N) is 1. The zero-order valence-corrected chi connectivity index (χ0v) is 11.4. The van der Waals surface area contributed by atoms with Gasteiger partial charge in [0, 0.05) is 18.7 Å². The molecule has 0 aliphatic carbocycles. The van der Waals surface area contributed by atoms with Crippen molar-refractivity contribution in [1.82, 2.24) is 4.72 Å². The predicted molar refractivity (Wildman–Crippen MR) is 71.6 cm³/mol. The summed E-state index contributed by atoms with van der Waals surface area (Å²) in [4.78, 5) is 20.3. The second-order valence-electron chi connectivity index (χ2n) is 3.76. The minimum Gasteiger partial charge on any atom is -0.384 e. The Hall–Kier alpha value is -2.20. The Morgan fingerprint density at radius 2 is 2.10 bits per heavy atom. The summed E-state index contributed by atoms with van der Waals surface area (Å²) in [6.07, 6.45) is 0. The SMILES string of the molecule is CCNc1ccc([N+](=O)[O-])cc1S(=O)(=O)NCC(N)=O. The molecule has 0 bridgehead atoms. The third-order valence-corrected chi connectivity index (χ3v) is 3.71. The summed E-state index contributed by atoms with van der Waals surface area (Å²) >= 11 is 0. The fourth-order valence-corrected chi connectivity index (χ4v) is 2.62. The first-order valence-electron chi connectivity index (χ1n) is 5.58. The summed E-state index contributed by atoms with van der Waals surface area (Å²) in [6.45, 7) is 1.58. The van der Waals surface area contributed by atoms with E-state index in [2.05, 4.69) is 5.32 Å². The summed E-state index contributed by atoms with van der Waals surface area (Å²) in [5.74, 6) is -0.857. The zero-order valence-electron chi connectivity index (χ0n) is 10.6. The van der Waals surface area contributed by atoms with Crippen LogP contribution in [0.3, 0.4) is 0 Å². The molecule has 110 valence electrons. The van der Waals surface area contributed by atoms with Crippen molar-refractivity contribution in [2.45, 2.75) is 11.8 Å². The van der Waals surface area contributed by atoms with Gasteiger partial charge in [-0.05, 0) is 13.0 Å². The largest absolute Gasteiger partial charge is 0.384 e. The van der Waals surface area contributed by atoms with Crippen molar-refractivity contribution < 1.29 is 18.1 Å². The lowest BCUT2D eigenvalue weighted by Crippen LogP contribution is -2.33. The molecule has 1 amide bonds. The minimum absolute atomic E-state index is 0.204. The highest BCUT2D eigenvalue weighted by Gasteiger charge is 2.22. The molecule has 0 heterocycles. The van der Waals surface area contributed by atoms with Gasteiger partial charge in [-0.1, -0.05) is 0 Å². The smallest absolute Gasteiger partial charge is 0.270 e. The fourth-order valence-electron chi connectivity index (χ4n) is 1.43. The molecule has 20 heavy (non-hydrogen) atoms. The van der Waals surface area contributed by atoms with Crippen LogP contribution in [0.25, 0.3) is 0 Å². The van der Waals surface area contributed by atoms with Gasteiger partial charge in [-0.25, -0.2) is 13.1 Å². The topological polar surface area (TPSA) is 144 Å². The van der Waals surface area contributed by atoms with E-state index in [0.29, 0.717) is 6.54 Å². The number of rotatable bonds is 7. The van der Waals surface area contributed by atoms with Crippen molar-refractivity contribution >= 4 is 27.3 Å². The van der Waals surface area contributed by atoms with Crippen molar-refractivity contribution in [2.24, 2.45) is 5.73 Å². The molecule has 9 nitrogen and oxygen atoms in total. The molecule has 0 aliphatic rings. The molecule has 0 fully saturated rings. The average Bonchev–Trinajstić information content (AvgIpc) is 2.37. The maximum Gasteiger partial charge on any atom is 0.270 e. The van der Waals surface area contributed by atoms with Crippen LogP contribution < -0.4 is 15.8 Å². The van der Waals surface area contributed by atoms with Crippen molar-refractivity contribution in [3.63, 3.8) is 0 Å². The number of amides is 1. The van der Waals surface area contributed by atoms with E-state index in [1.54, 1.807) is 6.92 Å². The molecule has 0 unspecified atom stereocenters. The van der Waals surface area contributed by atoms with Crippen LogP contribution in [0.5, 0.6) is 0 Å². The van der Waals surface area contributed by atoms with Crippen molar-refractivity contribution in [3.05, 3.63) is 28.3 Å². The van der Waals surface area contributed by atoms with Crippen LogP contribution in [0.1, 0.15) is 6.92 Å². The maximum absolute atomic E-state index is 12.0. The number of nitrogens with one attached hydrogen (secondary N) is 2. The Morgan fingerprint density at radius 3 is 2.60 bits per heavy atom. The van der Waals surface area contributed by atoms with Gasteiger partial charge in [0.2, 0.25) is 15.9 Å². The number of nitrogens with zero attached hydrogens (tertiary/aromatic N) is 1. The Bertz CT molecular complexity index is 629. The number of primary amides is 1. The minimum atomic E-state index is -4.08. The van der Waals surface area contributed by atoms with E-state index in [4.69, 9.17) is 5.73 Å². The van der Waals surface area contributed by atoms with E-state index in [9.17, 15) is 23.3 Å². The fraction of sp³-hybridized carbons (Fsp3) is 0.300. The molecular formula is C10H14N4O5S. The van der Waals surface area contributed by atoms with E-state index in [-0.39, 0.29) is 16.3 Å². The zero-order chi connectivity index (χ0) is 15.3. The second kappa shape index (κ2) is 6.30. The molecule has 1 aromatic carbocycles. The summed E-state index contributed by atoms with van der Waals surface area (Å²) in [5, 5.41) is 13.5. The van der Waals surface area contributed by atoms with Crippen LogP contribution in [0.2, 0.25) is 0 Å². The van der Waals surface area contributed by atoms with Crippen LogP contribution in [-0.4, -0.2) is 32.3 Å². The van der Waals surface area contributed by atoms with E-state index in [1.807, 2.05) is 4.72 Å². The van der Waals surface area contributed by atoms with Gasteiger partial charge < -0.3 is 11.1 Å². The number of hydrogen-bond donors (Lipinski definition) is 3. The van der Waals surface area contributed by atoms with Crippen LogP contribution in [0.4, 0.5) is 11.4 Å². The van der Waals surface area contributed by atoms with Crippen molar-refractivity contribution in [3.8, 4) is 0 Å². The molecule has 4 N–H and O–H groups in total. The number of nitro groups is 1. The number of benzene rings is 1. The highest BCUT2D eigenvalue weighted by atomic mass is 32.2. The summed E-state index contributed by atoms with van der Waals surface area (Å²) in [6, 6.07) is 3.40. The van der Waals surface area contributed by atoms with Crippen LogP contribution in [0, 0.1) is 10.1 Å². The van der Waals surface area contributed by atoms with Gasteiger partial charge in [0.25, 0.3) is 5.69 Å². The van der Waals surface area contributed by atoms with Gasteiger partial charge in [-0.3, -0.25) is 14.9 Å². The van der Waals surface area contributed by atoms with Gasteiger partial charge in [0.1, 0.15) is 4.90 Å². The lowest BCUT2D eigenvalue weighted by molar-refractivity contribution is -0.385. The molecule has 0 saturated heterocycles. The standard InChI is InChI=1S/C10H14N4O5S/c1-2-12-8-4-3-7(14(16)17)5-9(8)20(18,19)13-6-10(11)15/h3-5,12-13H,2,6H2,1H3,(H2,11,15). The molecule has 0 aromatic heterocycles. The van der Waals surface area contributed by atoms with Crippen molar-refractivity contribution in [2.75, 3.05) is 18.4 Å². The highest BCUT2D eigenvalue weighted by molar-refractivity contribution is 7.89. The molecule has 0 aliphatic heterocycles. The van der Waals surface area contributed by atoms with Crippen molar-refractivity contribution in [1.29, 1.82) is 0 Å². The molecule has 1 rings (SSSR count). The van der Waals surface area contributed by atoms with Gasteiger partial charge in [-0.15, -0.1) is 0 Å². The Kier molecular flexibility index (Phi) is 5.00. The number of non-ortho nitro benzene ring substituents is 1. The van der Waals surface area contributed by atoms with Gasteiger partial charge in [0.15, 0.2) is 0 Å². The second-order valence-corrected chi connectivity index (χ2v) is 5.49. The third-order valence-electron chi connectivity index (χ3n) is 2.27. The Balaban J connectivity index is 3.27. The number of nitro benzene ring substituents is 1. The lowest BCUT2D eigenvalue weighted by Gasteiger charge is -2.11. The summed E-state index contributed by atoms with van der Waals surface area (Å²) < 4.78 is 26.0. The predicted octanol–water partition coefficient (Wildman–Crippen LogP) is -0.210. The number of carbonyl (C=O) groups excluding carboxylic acids is 1. The van der Waals surface area contributed by atoms with Gasteiger partial charge >= 0.3 is 0 Å². The van der Waals surface area contributed by atoms with Gasteiger partial charge in [0.05, 0.1) is 17.2 Å². The van der Waals surface area contributed by atoms with Crippen LogP contribution >= 0.6 is 0 Å². The molecule has 0 radical (unpaired) electrons. The molecule has 10 heteroatoms. The summed E-state index contributed by atoms with van der Waals surface area (Å²) in [5.41, 5.74) is 4.70.